The molecule has 0 heterocycles. The predicted octanol–water partition coefficient (Wildman–Crippen LogP) is 8.72. The van der Waals surface area contributed by atoms with E-state index in [-0.39, 0.29) is 11.5 Å². The van der Waals surface area contributed by atoms with E-state index in [1.807, 2.05) is 18.2 Å². The molecule has 4 aliphatic carbocycles. The third-order valence-electron chi connectivity index (χ3n) is 12.2. The SMILES string of the molecule is CC(C)CCC[C@@H](C)[C@H]1CC[C@H]2[C@@H]3CCC4CCCC(Oc5cccc(N)c5N)[C@]4(C)[C@H]3CC[C@]12C. The van der Waals surface area contributed by atoms with Gasteiger partial charge in [-0.25, -0.2) is 0 Å². The van der Waals surface area contributed by atoms with Crippen LogP contribution in [0.3, 0.4) is 0 Å². The predicted molar refractivity (Wildman–Crippen MR) is 153 cm³/mol. The molecule has 1 aromatic rings. The van der Waals surface area contributed by atoms with Crippen LogP contribution in [0.1, 0.15) is 112 Å². The van der Waals surface area contributed by atoms with Gasteiger partial charge >= 0.3 is 0 Å². The monoisotopic (exact) mass is 494 g/mol. The van der Waals surface area contributed by atoms with Crippen LogP contribution in [0.25, 0.3) is 0 Å². The van der Waals surface area contributed by atoms with Crippen molar-refractivity contribution in [3.63, 3.8) is 0 Å². The Hall–Kier alpha value is -1.38. The molecule has 1 aromatic carbocycles. The van der Waals surface area contributed by atoms with Gasteiger partial charge in [0, 0.05) is 5.41 Å². The molecule has 0 spiro atoms. The van der Waals surface area contributed by atoms with Crippen molar-refractivity contribution in [3.8, 4) is 5.75 Å². The molecule has 202 valence electrons. The molecule has 0 saturated heterocycles. The first-order chi connectivity index (χ1) is 17.2. The lowest BCUT2D eigenvalue weighted by Gasteiger charge is -2.62. The molecule has 4 saturated carbocycles. The number of hydrogen-bond acceptors (Lipinski definition) is 3. The average Bonchev–Trinajstić information content (AvgIpc) is 3.19. The van der Waals surface area contributed by atoms with Gasteiger partial charge in [-0.05, 0) is 117 Å². The standard InChI is InChI=1S/C33H54N2O/c1-21(2)9-6-10-22(3)25-17-18-26-24-16-15-23-11-7-14-30(36-29-13-8-12-28(34)31(29)35)33(23,5)27(24)19-20-32(25,26)4/h8,12-13,21-27,30H,6-7,9-11,14-20,34-35H2,1-5H3/t22-,23?,24+,25-,26+,27+,30?,32-,33+/m1/s1. The van der Waals surface area contributed by atoms with Crippen molar-refractivity contribution in [1.29, 1.82) is 0 Å². The molecule has 3 heteroatoms. The first-order valence-corrected chi connectivity index (χ1v) is 15.5. The molecule has 36 heavy (non-hydrogen) atoms. The number of fused-ring (bicyclic) bond motifs is 5. The van der Waals surface area contributed by atoms with Crippen LogP contribution in [0, 0.1) is 52.3 Å². The van der Waals surface area contributed by atoms with Crippen molar-refractivity contribution in [2.75, 3.05) is 11.5 Å². The van der Waals surface area contributed by atoms with Crippen LogP contribution in [0.15, 0.2) is 18.2 Å². The van der Waals surface area contributed by atoms with Crippen LogP contribution in [0.2, 0.25) is 0 Å². The quantitative estimate of drug-likeness (QED) is 0.372. The number of para-hydroxylation sites is 1. The summed E-state index contributed by atoms with van der Waals surface area (Å²) in [6, 6.07) is 5.89. The summed E-state index contributed by atoms with van der Waals surface area (Å²) in [5.74, 6) is 6.80. The highest BCUT2D eigenvalue weighted by Gasteiger charge is 2.62. The first-order valence-electron chi connectivity index (χ1n) is 15.5. The third kappa shape index (κ3) is 4.35. The first kappa shape index (κ1) is 26.2. The molecule has 0 amide bonds. The lowest BCUT2D eigenvalue weighted by atomic mass is 9.44. The maximum absolute atomic E-state index is 6.84. The molecule has 2 unspecified atom stereocenters. The fourth-order valence-corrected chi connectivity index (χ4v) is 10.3. The average molecular weight is 495 g/mol. The smallest absolute Gasteiger partial charge is 0.144 e. The number of benzene rings is 1. The molecule has 3 nitrogen and oxygen atoms in total. The van der Waals surface area contributed by atoms with Crippen molar-refractivity contribution in [2.24, 2.45) is 52.3 Å². The van der Waals surface area contributed by atoms with E-state index >= 15 is 0 Å². The second kappa shape index (κ2) is 10.1. The summed E-state index contributed by atoms with van der Waals surface area (Å²) >= 11 is 0. The molecule has 4 aliphatic rings. The van der Waals surface area contributed by atoms with Crippen LogP contribution in [-0.2, 0) is 0 Å². The fourth-order valence-electron chi connectivity index (χ4n) is 10.3. The van der Waals surface area contributed by atoms with E-state index in [1.165, 1.54) is 70.6 Å². The largest absolute Gasteiger partial charge is 0.488 e. The maximum Gasteiger partial charge on any atom is 0.144 e. The molecule has 9 atom stereocenters. The van der Waals surface area contributed by atoms with E-state index in [4.69, 9.17) is 16.2 Å². The Labute approximate surface area is 221 Å². The topological polar surface area (TPSA) is 61.3 Å². The van der Waals surface area contributed by atoms with Gasteiger partial charge in [-0.2, -0.15) is 0 Å². The minimum absolute atomic E-state index is 0.251. The van der Waals surface area contributed by atoms with Gasteiger partial charge < -0.3 is 16.2 Å². The summed E-state index contributed by atoms with van der Waals surface area (Å²) in [6.45, 7) is 12.7. The van der Waals surface area contributed by atoms with Crippen molar-refractivity contribution in [3.05, 3.63) is 18.2 Å². The number of anilines is 2. The van der Waals surface area contributed by atoms with E-state index in [0.717, 1.165) is 53.6 Å². The Bertz CT molecular complexity index is 913. The summed E-state index contributed by atoms with van der Waals surface area (Å²) in [4.78, 5) is 0. The zero-order chi connectivity index (χ0) is 25.7. The zero-order valence-electron chi connectivity index (χ0n) is 23.9. The summed E-state index contributed by atoms with van der Waals surface area (Å²) in [6.07, 6.45) is 16.9. The maximum atomic E-state index is 6.84. The molecule has 5 rings (SSSR count). The van der Waals surface area contributed by atoms with Gasteiger partial charge in [0.25, 0.3) is 0 Å². The second-order valence-corrected chi connectivity index (χ2v) is 14.3. The minimum atomic E-state index is 0.251. The van der Waals surface area contributed by atoms with Gasteiger partial charge in [0.1, 0.15) is 11.9 Å². The van der Waals surface area contributed by atoms with Crippen molar-refractivity contribution in [1.82, 2.24) is 0 Å². The van der Waals surface area contributed by atoms with Crippen LogP contribution >= 0.6 is 0 Å². The lowest BCUT2D eigenvalue weighted by Crippen LogP contribution is -2.59. The molecule has 0 aliphatic heterocycles. The number of nitrogen functional groups attached to an aromatic ring is 2. The van der Waals surface area contributed by atoms with Crippen LogP contribution in [0.5, 0.6) is 5.75 Å². The van der Waals surface area contributed by atoms with Crippen LogP contribution < -0.4 is 16.2 Å². The molecule has 4 fully saturated rings. The van der Waals surface area contributed by atoms with E-state index in [1.54, 1.807) is 0 Å². The summed E-state index contributed by atoms with van der Waals surface area (Å²) < 4.78 is 6.84. The highest BCUT2D eigenvalue weighted by molar-refractivity contribution is 5.70. The van der Waals surface area contributed by atoms with Crippen molar-refractivity contribution >= 4 is 11.4 Å². The Kier molecular flexibility index (Phi) is 7.33. The molecule has 0 aromatic heterocycles. The van der Waals surface area contributed by atoms with E-state index in [9.17, 15) is 0 Å². The van der Waals surface area contributed by atoms with Gasteiger partial charge in [0.2, 0.25) is 0 Å². The molecule has 4 N–H and O–H groups in total. The third-order valence-corrected chi connectivity index (χ3v) is 12.2. The van der Waals surface area contributed by atoms with E-state index < -0.39 is 0 Å². The molecular weight excluding hydrogens is 440 g/mol. The summed E-state index contributed by atoms with van der Waals surface area (Å²) in [5.41, 5.74) is 14.6. The van der Waals surface area contributed by atoms with Crippen molar-refractivity contribution < 1.29 is 4.74 Å². The van der Waals surface area contributed by atoms with Crippen molar-refractivity contribution in [2.45, 2.75) is 118 Å². The van der Waals surface area contributed by atoms with E-state index in [0.29, 0.717) is 16.8 Å². The van der Waals surface area contributed by atoms with Crippen LogP contribution in [-0.4, -0.2) is 6.10 Å². The van der Waals surface area contributed by atoms with Gasteiger partial charge in [0.15, 0.2) is 0 Å². The second-order valence-electron chi connectivity index (χ2n) is 14.3. The summed E-state index contributed by atoms with van der Waals surface area (Å²) in [5, 5.41) is 0. The zero-order valence-corrected chi connectivity index (χ0v) is 23.9. The van der Waals surface area contributed by atoms with Gasteiger partial charge in [-0.1, -0.05) is 59.9 Å². The molecular formula is C33H54N2O. The minimum Gasteiger partial charge on any atom is -0.488 e. The number of ether oxygens (including phenoxy) is 1. The Morgan fingerprint density at radius 1 is 0.917 bits per heavy atom. The van der Waals surface area contributed by atoms with Gasteiger partial charge in [-0.15, -0.1) is 0 Å². The number of rotatable bonds is 7. The molecule has 0 bridgehead atoms. The number of hydrogen-bond donors (Lipinski definition) is 2. The molecule has 0 radical (unpaired) electrons. The normalized spacial score (nSPS) is 40.8. The van der Waals surface area contributed by atoms with Gasteiger partial charge in [0.05, 0.1) is 11.4 Å². The van der Waals surface area contributed by atoms with Gasteiger partial charge in [-0.3, -0.25) is 0 Å². The van der Waals surface area contributed by atoms with E-state index in [2.05, 4.69) is 34.6 Å². The Morgan fingerprint density at radius 2 is 1.72 bits per heavy atom. The Balaban J connectivity index is 1.36. The number of nitrogens with two attached hydrogens (primary N) is 2. The Morgan fingerprint density at radius 3 is 2.50 bits per heavy atom. The summed E-state index contributed by atoms with van der Waals surface area (Å²) in [7, 11) is 0. The lowest BCUT2D eigenvalue weighted by molar-refractivity contribution is -0.157. The van der Waals surface area contributed by atoms with Crippen LogP contribution in [0.4, 0.5) is 11.4 Å². The highest BCUT2D eigenvalue weighted by Crippen LogP contribution is 2.68. The fraction of sp³-hybridized carbons (Fsp3) is 0.818. The highest BCUT2D eigenvalue weighted by atomic mass is 16.5.